The fourth-order valence-corrected chi connectivity index (χ4v) is 3.40. The third-order valence-electron chi connectivity index (χ3n) is 4.57. The number of ether oxygens (including phenoxy) is 1. The van der Waals surface area contributed by atoms with Crippen LogP contribution in [0.3, 0.4) is 0 Å². The van der Waals surface area contributed by atoms with Gasteiger partial charge in [0.15, 0.2) is 0 Å². The molecular formula is C17H20N4O. The lowest BCUT2D eigenvalue weighted by Gasteiger charge is -2.23. The second-order valence-electron chi connectivity index (χ2n) is 5.94. The first-order chi connectivity index (χ1) is 10.9. The molecule has 22 heavy (non-hydrogen) atoms. The van der Waals surface area contributed by atoms with Crippen LogP contribution in [0.2, 0.25) is 0 Å². The van der Waals surface area contributed by atoms with Gasteiger partial charge in [-0.3, -0.25) is 0 Å². The molecule has 114 valence electrons. The summed E-state index contributed by atoms with van der Waals surface area (Å²) < 4.78 is 7.73. The number of nitrogens with zero attached hydrogens (tertiary/aromatic N) is 3. The lowest BCUT2D eigenvalue weighted by molar-refractivity contribution is 0.336. The van der Waals surface area contributed by atoms with E-state index in [0.717, 1.165) is 41.8 Å². The van der Waals surface area contributed by atoms with Gasteiger partial charge in [0.2, 0.25) is 0 Å². The fraction of sp³-hybridized carbons (Fsp3) is 0.412. The van der Waals surface area contributed by atoms with Gasteiger partial charge in [0.25, 0.3) is 0 Å². The zero-order chi connectivity index (χ0) is 14.9. The standard InChI is InChI=1S/C17H20N4O/c1-22-15-4-2-3-13-16(15)19-9-14-17(13)21(11-20-14)10-12-5-7-18-8-6-12/h2-4,9,11-12,18H,5-8,10H2,1H3. The molecule has 1 aliphatic heterocycles. The number of piperidine rings is 1. The van der Waals surface area contributed by atoms with E-state index in [4.69, 9.17) is 4.74 Å². The SMILES string of the molecule is COc1cccc2c1ncc1ncn(CC3CCNCC3)c12. The average molecular weight is 296 g/mol. The highest BCUT2D eigenvalue weighted by Gasteiger charge is 2.16. The van der Waals surface area contributed by atoms with Crippen LogP contribution in [0, 0.1) is 5.92 Å². The van der Waals surface area contributed by atoms with Crippen molar-refractivity contribution >= 4 is 21.9 Å². The predicted molar refractivity (Wildman–Crippen MR) is 87.2 cm³/mol. The summed E-state index contributed by atoms with van der Waals surface area (Å²) in [5, 5.41) is 4.54. The second kappa shape index (κ2) is 5.57. The zero-order valence-electron chi connectivity index (χ0n) is 12.7. The van der Waals surface area contributed by atoms with E-state index >= 15 is 0 Å². The number of hydrogen-bond acceptors (Lipinski definition) is 4. The maximum absolute atomic E-state index is 5.44. The maximum atomic E-state index is 5.44. The molecule has 2 aromatic heterocycles. The fourth-order valence-electron chi connectivity index (χ4n) is 3.40. The molecule has 3 aromatic rings. The Bertz CT molecular complexity index is 805. The highest BCUT2D eigenvalue weighted by atomic mass is 16.5. The molecule has 3 heterocycles. The predicted octanol–water partition coefficient (Wildman–Crippen LogP) is 2.59. The molecular weight excluding hydrogens is 276 g/mol. The van der Waals surface area contributed by atoms with Crippen LogP contribution >= 0.6 is 0 Å². The van der Waals surface area contributed by atoms with Crippen LogP contribution in [-0.4, -0.2) is 34.7 Å². The number of hydrogen-bond donors (Lipinski definition) is 1. The molecule has 0 amide bonds. The molecule has 0 unspecified atom stereocenters. The third-order valence-corrected chi connectivity index (χ3v) is 4.57. The summed E-state index contributed by atoms with van der Waals surface area (Å²) in [5.41, 5.74) is 3.03. The van der Waals surface area contributed by atoms with Crippen molar-refractivity contribution in [1.82, 2.24) is 19.9 Å². The van der Waals surface area contributed by atoms with Crippen LogP contribution in [0.4, 0.5) is 0 Å². The van der Waals surface area contributed by atoms with Gasteiger partial charge in [0.1, 0.15) is 16.8 Å². The van der Waals surface area contributed by atoms with E-state index in [9.17, 15) is 0 Å². The Morgan fingerprint density at radius 2 is 2.14 bits per heavy atom. The molecule has 0 spiro atoms. The normalized spacial score (nSPS) is 16.4. The van der Waals surface area contributed by atoms with Crippen molar-refractivity contribution < 1.29 is 4.74 Å². The average Bonchev–Trinajstić information content (AvgIpc) is 2.98. The van der Waals surface area contributed by atoms with Gasteiger partial charge in [-0.05, 0) is 37.9 Å². The molecule has 0 radical (unpaired) electrons. The number of para-hydroxylation sites is 1. The van der Waals surface area contributed by atoms with E-state index in [2.05, 4.69) is 25.9 Å². The Morgan fingerprint density at radius 1 is 1.27 bits per heavy atom. The quantitative estimate of drug-likeness (QED) is 0.807. The van der Waals surface area contributed by atoms with Crippen molar-refractivity contribution in [2.24, 2.45) is 5.92 Å². The summed E-state index contributed by atoms with van der Waals surface area (Å²) in [7, 11) is 1.69. The first-order valence-corrected chi connectivity index (χ1v) is 7.84. The minimum absolute atomic E-state index is 0.715. The van der Waals surface area contributed by atoms with Crippen molar-refractivity contribution in [3.05, 3.63) is 30.7 Å². The van der Waals surface area contributed by atoms with Gasteiger partial charge >= 0.3 is 0 Å². The summed E-state index contributed by atoms with van der Waals surface area (Å²) in [4.78, 5) is 9.06. The van der Waals surface area contributed by atoms with E-state index in [1.807, 2.05) is 24.7 Å². The molecule has 5 heteroatoms. The van der Waals surface area contributed by atoms with Crippen molar-refractivity contribution in [2.45, 2.75) is 19.4 Å². The number of rotatable bonds is 3. The Hall–Kier alpha value is -2.14. The number of methoxy groups -OCH3 is 1. The molecule has 0 bridgehead atoms. The van der Waals surface area contributed by atoms with Crippen LogP contribution < -0.4 is 10.1 Å². The van der Waals surface area contributed by atoms with E-state index in [1.54, 1.807) is 7.11 Å². The molecule has 1 aliphatic rings. The summed E-state index contributed by atoms with van der Waals surface area (Å²) >= 11 is 0. The van der Waals surface area contributed by atoms with Gasteiger partial charge in [-0.1, -0.05) is 12.1 Å². The van der Waals surface area contributed by atoms with Crippen LogP contribution in [0.1, 0.15) is 12.8 Å². The number of pyridine rings is 1. The van der Waals surface area contributed by atoms with Crippen molar-refractivity contribution in [3.8, 4) is 5.75 Å². The number of benzene rings is 1. The van der Waals surface area contributed by atoms with E-state index in [-0.39, 0.29) is 0 Å². The minimum Gasteiger partial charge on any atom is -0.494 e. The second-order valence-corrected chi connectivity index (χ2v) is 5.94. The Kier molecular flexibility index (Phi) is 3.42. The molecule has 0 saturated carbocycles. The molecule has 5 nitrogen and oxygen atoms in total. The zero-order valence-corrected chi connectivity index (χ0v) is 12.7. The van der Waals surface area contributed by atoms with Crippen LogP contribution in [0.15, 0.2) is 30.7 Å². The monoisotopic (exact) mass is 296 g/mol. The number of aromatic nitrogens is 3. The summed E-state index contributed by atoms with van der Waals surface area (Å²) in [5.74, 6) is 1.53. The Labute approximate surface area is 129 Å². The molecule has 0 aliphatic carbocycles. The summed E-state index contributed by atoms with van der Waals surface area (Å²) in [6, 6.07) is 6.08. The maximum Gasteiger partial charge on any atom is 0.145 e. The lowest BCUT2D eigenvalue weighted by atomic mass is 9.98. The number of nitrogens with one attached hydrogen (secondary N) is 1. The third kappa shape index (κ3) is 2.22. The molecule has 4 rings (SSSR count). The van der Waals surface area contributed by atoms with Gasteiger partial charge in [-0.15, -0.1) is 0 Å². The number of fused-ring (bicyclic) bond motifs is 3. The molecule has 0 atom stereocenters. The first-order valence-electron chi connectivity index (χ1n) is 7.84. The van der Waals surface area contributed by atoms with Crippen LogP contribution in [0.25, 0.3) is 21.9 Å². The summed E-state index contributed by atoms with van der Waals surface area (Å²) in [6.45, 7) is 3.26. The van der Waals surface area contributed by atoms with Crippen LogP contribution in [0.5, 0.6) is 5.75 Å². The van der Waals surface area contributed by atoms with Crippen molar-refractivity contribution in [3.63, 3.8) is 0 Å². The molecule has 1 saturated heterocycles. The first kappa shape index (κ1) is 13.5. The van der Waals surface area contributed by atoms with Gasteiger partial charge < -0.3 is 14.6 Å². The van der Waals surface area contributed by atoms with Gasteiger partial charge in [-0.25, -0.2) is 9.97 Å². The lowest BCUT2D eigenvalue weighted by Crippen LogP contribution is -2.29. The van der Waals surface area contributed by atoms with Crippen LogP contribution in [-0.2, 0) is 6.54 Å². The number of imidazole rings is 1. The highest BCUT2D eigenvalue weighted by molar-refractivity contribution is 6.04. The topological polar surface area (TPSA) is 52.0 Å². The molecule has 1 N–H and O–H groups in total. The highest BCUT2D eigenvalue weighted by Crippen LogP contribution is 2.30. The largest absolute Gasteiger partial charge is 0.494 e. The van der Waals surface area contributed by atoms with Gasteiger partial charge in [-0.2, -0.15) is 0 Å². The van der Waals surface area contributed by atoms with Crippen molar-refractivity contribution in [1.29, 1.82) is 0 Å². The summed E-state index contributed by atoms with van der Waals surface area (Å²) in [6.07, 6.45) is 6.25. The van der Waals surface area contributed by atoms with E-state index in [1.165, 1.54) is 18.4 Å². The van der Waals surface area contributed by atoms with Gasteiger partial charge in [0.05, 0.1) is 25.2 Å². The molecule has 1 aromatic carbocycles. The van der Waals surface area contributed by atoms with Crippen molar-refractivity contribution in [2.75, 3.05) is 20.2 Å². The minimum atomic E-state index is 0.715. The van der Waals surface area contributed by atoms with Gasteiger partial charge in [0, 0.05) is 11.9 Å². The Balaban J connectivity index is 1.83. The smallest absolute Gasteiger partial charge is 0.145 e. The Morgan fingerprint density at radius 3 is 2.95 bits per heavy atom. The molecule has 1 fully saturated rings. The van der Waals surface area contributed by atoms with E-state index < -0.39 is 0 Å². The van der Waals surface area contributed by atoms with E-state index in [0.29, 0.717) is 5.92 Å².